The Morgan fingerprint density at radius 1 is 1.53 bits per heavy atom. The fourth-order valence-corrected chi connectivity index (χ4v) is 1.34. The minimum Gasteiger partial charge on any atom is -0.340 e. The number of aromatic nitrogens is 4. The van der Waals surface area contributed by atoms with Crippen LogP contribution in [0.3, 0.4) is 0 Å². The first-order valence-electron chi connectivity index (χ1n) is 5.11. The van der Waals surface area contributed by atoms with Crippen molar-refractivity contribution in [3.05, 3.63) is 29.7 Å². The number of amides is 1. The molecular formula is C10H13N5O2. The Bertz CT molecular complexity index is 515. The fourth-order valence-electron chi connectivity index (χ4n) is 1.34. The summed E-state index contributed by atoms with van der Waals surface area (Å²) in [5.74, 6) is 0.656. The van der Waals surface area contributed by atoms with Crippen LogP contribution in [0.4, 0.5) is 0 Å². The Labute approximate surface area is 97.6 Å². The van der Waals surface area contributed by atoms with E-state index in [0.717, 1.165) is 0 Å². The minimum absolute atomic E-state index is 0.244. The van der Waals surface area contributed by atoms with Crippen molar-refractivity contribution in [1.82, 2.24) is 25.7 Å². The molecule has 17 heavy (non-hydrogen) atoms. The molecule has 2 aromatic heterocycles. The monoisotopic (exact) mass is 235 g/mol. The summed E-state index contributed by atoms with van der Waals surface area (Å²) in [6.07, 6.45) is 2.97. The van der Waals surface area contributed by atoms with E-state index in [9.17, 15) is 4.79 Å². The zero-order valence-electron chi connectivity index (χ0n) is 9.81. The largest absolute Gasteiger partial charge is 0.340 e. The molecule has 2 aromatic rings. The van der Waals surface area contributed by atoms with Gasteiger partial charge < -0.3 is 9.84 Å². The molecule has 0 atom stereocenters. The Hall–Kier alpha value is -2.18. The highest BCUT2D eigenvalue weighted by Crippen LogP contribution is 2.17. The summed E-state index contributed by atoms with van der Waals surface area (Å²) in [5.41, 5.74) is -0.246. The van der Waals surface area contributed by atoms with Gasteiger partial charge in [0.25, 0.3) is 5.91 Å². The molecule has 7 nitrogen and oxygen atoms in total. The quantitative estimate of drug-likeness (QED) is 0.818. The van der Waals surface area contributed by atoms with Crippen LogP contribution < -0.4 is 5.32 Å². The summed E-state index contributed by atoms with van der Waals surface area (Å²) in [6, 6.07) is 0. The van der Waals surface area contributed by atoms with Crippen LogP contribution in [0, 0.1) is 6.92 Å². The Morgan fingerprint density at radius 2 is 2.29 bits per heavy atom. The summed E-state index contributed by atoms with van der Waals surface area (Å²) in [4.78, 5) is 15.9. The molecule has 7 heteroatoms. The van der Waals surface area contributed by atoms with Gasteiger partial charge in [-0.1, -0.05) is 5.16 Å². The number of hydrogen-bond acceptors (Lipinski definition) is 5. The third-order valence-electron chi connectivity index (χ3n) is 2.27. The summed E-state index contributed by atoms with van der Waals surface area (Å²) in [7, 11) is 0. The van der Waals surface area contributed by atoms with E-state index in [2.05, 4.69) is 25.7 Å². The molecule has 2 heterocycles. The number of nitrogens with one attached hydrogen (secondary N) is 2. The molecule has 0 aliphatic heterocycles. The number of carbonyl (C=O) groups excluding carboxylic acids is 1. The van der Waals surface area contributed by atoms with Crippen LogP contribution >= 0.6 is 0 Å². The van der Waals surface area contributed by atoms with Crippen molar-refractivity contribution >= 4 is 5.91 Å². The molecule has 0 aliphatic rings. The standard InChI is InChI=1S/C10H13N5O2/c1-6-13-9(15-17-6)10(2,3)14-8(16)7-4-11-12-5-7/h4-5H,1-3H3,(H,11,12)(H,14,16). The van der Waals surface area contributed by atoms with Crippen LogP contribution in [-0.4, -0.2) is 26.2 Å². The van der Waals surface area contributed by atoms with Gasteiger partial charge in [0.2, 0.25) is 5.89 Å². The van der Waals surface area contributed by atoms with E-state index < -0.39 is 5.54 Å². The van der Waals surface area contributed by atoms with E-state index in [1.807, 2.05) is 0 Å². The molecule has 0 fully saturated rings. The van der Waals surface area contributed by atoms with E-state index >= 15 is 0 Å². The summed E-state index contributed by atoms with van der Waals surface area (Å²) in [6.45, 7) is 5.30. The lowest BCUT2D eigenvalue weighted by Gasteiger charge is -2.21. The maximum Gasteiger partial charge on any atom is 0.255 e. The normalized spacial score (nSPS) is 11.5. The second kappa shape index (κ2) is 4.00. The Morgan fingerprint density at radius 3 is 2.82 bits per heavy atom. The van der Waals surface area contributed by atoms with Crippen LogP contribution in [0.1, 0.15) is 35.9 Å². The molecular weight excluding hydrogens is 222 g/mol. The number of aromatic amines is 1. The third kappa shape index (κ3) is 2.32. The van der Waals surface area contributed by atoms with Crippen molar-refractivity contribution in [3.8, 4) is 0 Å². The molecule has 2 N–H and O–H groups in total. The van der Waals surface area contributed by atoms with Crippen molar-refractivity contribution in [1.29, 1.82) is 0 Å². The molecule has 1 amide bonds. The van der Waals surface area contributed by atoms with Crippen molar-refractivity contribution in [3.63, 3.8) is 0 Å². The van der Waals surface area contributed by atoms with Crippen LogP contribution in [0.5, 0.6) is 0 Å². The van der Waals surface area contributed by atoms with Gasteiger partial charge in [0.15, 0.2) is 5.82 Å². The average molecular weight is 235 g/mol. The molecule has 90 valence electrons. The highest BCUT2D eigenvalue weighted by Gasteiger charge is 2.28. The first-order chi connectivity index (χ1) is 7.99. The van der Waals surface area contributed by atoms with E-state index in [-0.39, 0.29) is 5.91 Å². The lowest BCUT2D eigenvalue weighted by atomic mass is 10.0. The van der Waals surface area contributed by atoms with Crippen LogP contribution in [0.25, 0.3) is 0 Å². The first-order valence-corrected chi connectivity index (χ1v) is 5.11. The lowest BCUT2D eigenvalue weighted by Crippen LogP contribution is -2.41. The lowest BCUT2D eigenvalue weighted by molar-refractivity contribution is 0.0907. The number of hydrogen-bond donors (Lipinski definition) is 2. The van der Waals surface area contributed by atoms with E-state index in [4.69, 9.17) is 4.52 Å². The van der Waals surface area contributed by atoms with Crippen LogP contribution in [-0.2, 0) is 5.54 Å². The van der Waals surface area contributed by atoms with Crippen molar-refractivity contribution < 1.29 is 9.32 Å². The number of rotatable bonds is 3. The topological polar surface area (TPSA) is 96.7 Å². The number of nitrogens with zero attached hydrogens (tertiary/aromatic N) is 3. The van der Waals surface area contributed by atoms with Crippen LogP contribution in [0.15, 0.2) is 16.9 Å². The van der Waals surface area contributed by atoms with Crippen molar-refractivity contribution in [2.75, 3.05) is 0 Å². The van der Waals surface area contributed by atoms with Gasteiger partial charge >= 0.3 is 0 Å². The van der Waals surface area contributed by atoms with Crippen molar-refractivity contribution in [2.24, 2.45) is 0 Å². The van der Waals surface area contributed by atoms with Gasteiger partial charge in [-0.05, 0) is 13.8 Å². The average Bonchev–Trinajstić information content (AvgIpc) is 2.86. The maximum absolute atomic E-state index is 11.8. The second-order valence-corrected chi connectivity index (χ2v) is 4.20. The predicted molar refractivity (Wildman–Crippen MR) is 58.1 cm³/mol. The van der Waals surface area contributed by atoms with Gasteiger partial charge in [-0.2, -0.15) is 10.1 Å². The summed E-state index contributed by atoms with van der Waals surface area (Å²) >= 11 is 0. The Balaban J connectivity index is 2.15. The molecule has 0 saturated carbocycles. The highest BCUT2D eigenvalue weighted by atomic mass is 16.5. The molecule has 0 saturated heterocycles. The van der Waals surface area contributed by atoms with Crippen LogP contribution in [0.2, 0.25) is 0 Å². The molecule has 0 spiro atoms. The number of aryl methyl sites for hydroxylation is 1. The fraction of sp³-hybridized carbons (Fsp3) is 0.400. The molecule has 0 bridgehead atoms. The first kappa shape index (κ1) is 11.3. The molecule has 0 radical (unpaired) electrons. The van der Waals surface area contributed by atoms with Crippen molar-refractivity contribution in [2.45, 2.75) is 26.3 Å². The minimum atomic E-state index is -0.702. The zero-order chi connectivity index (χ0) is 12.5. The highest BCUT2D eigenvalue weighted by molar-refractivity contribution is 5.94. The molecule has 0 aliphatic carbocycles. The molecule has 0 aromatic carbocycles. The summed E-state index contributed by atoms with van der Waals surface area (Å²) < 4.78 is 4.89. The number of carbonyl (C=O) groups is 1. The third-order valence-corrected chi connectivity index (χ3v) is 2.27. The zero-order valence-corrected chi connectivity index (χ0v) is 9.81. The second-order valence-electron chi connectivity index (χ2n) is 4.20. The van der Waals surface area contributed by atoms with E-state index in [1.54, 1.807) is 20.8 Å². The summed E-state index contributed by atoms with van der Waals surface area (Å²) in [5, 5.41) is 12.9. The van der Waals surface area contributed by atoms with Gasteiger partial charge in [0.1, 0.15) is 0 Å². The smallest absolute Gasteiger partial charge is 0.255 e. The Kier molecular flexibility index (Phi) is 2.66. The maximum atomic E-state index is 11.8. The van der Waals surface area contributed by atoms with E-state index in [1.165, 1.54) is 12.4 Å². The van der Waals surface area contributed by atoms with Gasteiger partial charge in [-0.15, -0.1) is 0 Å². The van der Waals surface area contributed by atoms with Gasteiger partial charge in [-0.3, -0.25) is 9.89 Å². The van der Waals surface area contributed by atoms with Gasteiger partial charge in [0, 0.05) is 13.1 Å². The molecule has 0 unspecified atom stereocenters. The van der Waals surface area contributed by atoms with Gasteiger partial charge in [-0.25, -0.2) is 0 Å². The number of H-pyrrole nitrogens is 1. The predicted octanol–water partition coefficient (Wildman–Crippen LogP) is 0.766. The van der Waals surface area contributed by atoms with E-state index in [0.29, 0.717) is 17.3 Å². The molecule has 2 rings (SSSR count). The van der Waals surface area contributed by atoms with Gasteiger partial charge in [0.05, 0.1) is 17.3 Å². The SMILES string of the molecule is Cc1nc(C(C)(C)NC(=O)c2cn[nH]c2)no1.